The first-order chi connectivity index (χ1) is 8.50. The lowest BCUT2D eigenvalue weighted by Gasteiger charge is -2.32. The van der Waals surface area contributed by atoms with Crippen molar-refractivity contribution in [2.45, 2.75) is 39.3 Å². The Bertz CT molecular complexity index is 446. The lowest BCUT2D eigenvalue weighted by Crippen LogP contribution is -2.43. The fourth-order valence-corrected chi connectivity index (χ4v) is 4.03. The molecule has 2 nitrogen and oxygen atoms in total. The van der Waals surface area contributed by atoms with Gasteiger partial charge in [0.25, 0.3) is 0 Å². The molecule has 0 radical (unpaired) electrons. The lowest BCUT2D eigenvalue weighted by molar-refractivity contribution is 0.568. The second-order valence-electron chi connectivity index (χ2n) is 6.78. The van der Waals surface area contributed by atoms with E-state index < -0.39 is 16.6 Å². The molecule has 0 aliphatic carbocycles. The average Bonchev–Trinajstić information content (AvgIpc) is 2.24. The van der Waals surface area contributed by atoms with E-state index in [9.17, 15) is 0 Å². The molecule has 0 N–H and O–H groups in total. The van der Waals surface area contributed by atoms with Crippen LogP contribution in [0, 0.1) is 0 Å². The average molecular weight is 312 g/mol. The van der Waals surface area contributed by atoms with Crippen LogP contribution >= 0.6 is 12.2 Å². The molecule has 0 unspecified atom stereocenters. The third-order valence-corrected chi connectivity index (χ3v) is 6.45. The molecule has 1 aromatic rings. The molecule has 1 aromatic carbocycles. The fraction of sp³-hybridized carbons (Fsp3) is 0.500. The van der Waals surface area contributed by atoms with Crippen LogP contribution in [0.15, 0.2) is 24.3 Å². The smallest absolute Gasteiger partial charge is 0.243 e. The van der Waals surface area contributed by atoms with Gasteiger partial charge < -0.3 is 8.99 Å². The second-order valence-corrected chi connectivity index (χ2v) is 16.6. The molecule has 0 heterocycles. The third-order valence-electron chi connectivity index (χ3n) is 2.90. The van der Waals surface area contributed by atoms with Crippen molar-refractivity contribution in [3.8, 4) is 0 Å². The highest BCUT2D eigenvalue weighted by Crippen LogP contribution is 2.21. The van der Waals surface area contributed by atoms with Gasteiger partial charge in [0.15, 0.2) is 5.05 Å². The Balaban J connectivity index is 2.85. The van der Waals surface area contributed by atoms with Gasteiger partial charge in [-0.25, -0.2) is 0 Å². The summed E-state index contributed by atoms with van der Waals surface area (Å²) >= 11 is 5.36. The van der Waals surface area contributed by atoms with Gasteiger partial charge in [0.2, 0.25) is 8.32 Å². The summed E-state index contributed by atoms with van der Waals surface area (Å²) in [5, 5.41) is 0.626. The van der Waals surface area contributed by atoms with Crippen molar-refractivity contribution in [1.82, 2.24) is 0 Å². The molecule has 0 atom stereocenters. The van der Waals surface area contributed by atoms with Gasteiger partial charge in [0, 0.05) is 11.3 Å². The summed E-state index contributed by atoms with van der Waals surface area (Å²) < 4.78 is 8.24. The number of nitrogens with zero attached hydrogens (tertiary/aromatic N) is 1. The molecule has 0 aliphatic heterocycles. The Morgan fingerprint density at radius 3 is 1.84 bits per heavy atom. The molecule has 0 saturated carbocycles. The Hall–Kier alpha value is -0.656. The van der Waals surface area contributed by atoms with E-state index in [1.54, 1.807) is 0 Å². The quantitative estimate of drug-likeness (QED) is 0.601. The summed E-state index contributed by atoms with van der Waals surface area (Å²) in [5.41, 5.74) is 2.25. The zero-order chi connectivity index (χ0) is 14.8. The molecule has 0 fully saturated rings. The van der Waals surface area contributed by atoms with E-state index in [1.807, 2.05) is 0 Å². The first kappa shape index (κ1) is 16.4. The van der Waals surface area contributed by atoms with Crippen LogP contribution in [-0.4, -0.2) is 28.7 Å². The molecule has 0 saturated heterocycles. The molecule has 0 aromatic heterocycles. The first-order valence-electron chi connectivity index (χ1n) is 6.58. The highest BCUT2D eigenvalue weighted by molar-refractivity contribution is 7.80. The fourth-order valence-electron chi connectivity index (χ4n) is 1.55. The van der Waals surface area contributed by atoms with Crippen molar-refractivity contribution in [2.75, 3.05) is 11.6 Å². The van der Waals surface area contributed by atoms with Gasteiger partial charge in [0.1, 0.15) is 8.24 Å². The maximum atomic E-state index is 5.86. The van der Waals surface area contributed by atoms with Gasteiger partial charge in [-0.05, 0) is 63.2 Å². The second kappa shape index (κ2) is 5.77. The zero-order valence-electron chi connectivity index (χ0n) is 13.1. The van der Waals surface area contributed by atoms with Gasteiger partial charge in [-0.15, -0.1) is 0 Å². The monoisotopic (exact) mass is 311 g/mol. The Morgan fingerprint density at radius 1 is 1.00 bits per heavy atom. The van der Waals surface area contributed by atoms with E-state index in [4.69, 9.17) is 16.6 Å². The van der Waals surface area contributed by atoms with Crippen LogP contribution in [0.3, 0.4) is 0 Å². The van der Waals surface area contributed by atoms with E-state index in [0.29, 0.717) is 5.05 Å². The predicted octanol–water partition coefficient (Wildman–Crippen LogP) is 4.48. The van der Waals surface area contributed by atoms with Crippen LogP contribution in [0.25, 0.3) is 0 Å². The van der Waals surface area contributed by atoms with Crippen LogP contribution in [0.4, 0.5) is 5.69 Å². The third kappa shape index (κ3) is 5.08. The highest BCUT2D eigenvalue weighted by atomic mass is 32.1. The van der Waals surface area contributed by atoms with Gasteiger partial charge in [-0.3, -0.25) is 0 Å². The number of thiocarbonyl (C=S) groups is 1. The van der Waals surface area contributed by atoms with E-state index in [0.717, 1.165) is 5.56 Å². The summed E-state index contributed by atoms with van der Waals surface area (Å²) in [4.78, 5) is 0. The minimum atomic E-state index is -1.61. The summed E-state index contributed by atoms with van der Waals surface area (Å²) in [6.45, 7) is 13.4. The lowest BCUT2D eigenvalue weighted by atomic mass is 10.2. The number of rotatable bonds is 4. The van der Waals surface area contributed by atoms with Crippen LogP contribution in [0.1, 0.15) is 5.56 Å². The Kier molecular flexibility index (Phi) is 4.98. The number of hydrogen-bond acceptors (Lipinski definition) is 3. The van der Waals surface area contributed by atoms with Gasteiger partial charge in [-0.2, -0.15) is 0 Å². The number of anilines is 1. The molecule has 0 spiro atoms. The summed E-state index contributed by atoms with van der Waals surface area (Å²) in [7, 11) is -0.756. The van der Waals surface area contributed by atoms with Crippen LogP contribution < -0.4 is 4.57 Å². The molecular weight excluding hydrogens is 286 g/mol. The van der Waals surface area contributed by atoms with Gasteiger partial charge >= 0.3 is 0 Å². The summed E-state index contributed by atoms with van der Waals surface area (Å²) in [6, 6.07) is 8.39. The zero-order valence-corrected chi connectivity index (χ0v) is 15.9. The van der Waals surface area contributed by atoms with Crippen molar-refractivity contribution in [3.05, 3.63) is 29.8 Å². The van der Waals surface area contributed by atoms with Crippen molar-refractivity contribution in [3.63, 3.8) is 0 Å². The predicted molar refractivity (Wildman–Crippen MR) is 94.3 cm³/mol. The van der Waals surface area contributed by atoms with Crippen LogP contribution in [-0.2, 0) is 4.43 Å². The molecule has 0 bridgehead atoms. The molecule has 5 heteroatoms. The normalized spacial score (nSPS) is 12.2. The van der Waals surface area contributed by atoms with E-state index in [-0.39, 0.29) is 0 Å². The Labute approximate surface area is 125 Å². The minimum Gasteiger partial charge on any atom is -0.536 e. The number of benzene rings is 1. The molecule has 19 heavy (non-hydrogen) atoms. The maximum Gasteiger partial charge on any atom is 0.243 e. The van der Waals surface area contributed by atoms with Crippen molar-refractivity contribution in [1.29, 1.82) is 0 Å². The topological polar surface area (TPSA) is 12.5 Å². The molecular formula is C14H25NOSSi2. The first-order valence-corrected chi connectivity index (χ1v) is 13.8. The van der Waals surface area contributed by atoms with E-state index in [2.05, 4.69) is 75.2 Å². The standard InChI is InChI=1S/C14H25NOSSi2/c1-15(18(2,3)4)13-10-8-12(9-11-13)14(17)16-19(5,6)7/h8-11H,1-7H3. The van der Waals surface area contributed by atoms with Crippen molar-refractivity contribution in [2.24, 2.45) is 0 Å². The highest BCUT2D eigenvalue weighted by Gasteiger charge is 2.21. The SMILES string of the molecule is CN(c1ccc(C(=S)O[Si](C)(C)C)cc1)[Si](C)(C)C. The van der Waals surface area contributed by atoms with Crippen molar-refractivity contribution < 1.29 is 4.43 Å². The Morgan fingerprint density at radius 2 is 1.47 bits per heavy atom. The summed E-state index contributed by atoms with van der Waals surface area (Å²) in [6.07, 6.45) is 0. The van der Waals surface area contributed by atoms with Crippen LogP contribution in [0.2, 0.25) is 39.3 Å². The summed E-state index contributed by atoms with van der Waals surface area (Å²) in [5.74, 6) is 0. The molecule has 0 aliphatic rings. The van der Waals surface area contributed by atoms with E-state index >= 15 is 0 Å². The molecule has 106 valence electrons. The molecule has 1 rings (SSSR count). The van der Waals surface area contributed by atoms with Crippen LogP contribution in [0.5, 0.6) is 0 Å². The van der Waals surface area contributed by atoms with Gasteiger partial charge in [-0.1, -0.05) is 19.6 Å². The van der Waals surface area contributed by atoms with Crippen molar-refractivity contribution >= 4 is 39.5 Å². The minimum absolute atomic E-state index is 0.626. The molecule has 0 amide bonds. The van der Waals surface area contributed by atoms with E-state index in [1.165, 1.54) is 5.69 Å². The maximum absolute atomic E-state index is 5.86. The largest absolute Gasteiger partial charge is 0.536 e. The number of hydrogen-bond donors (Lipinski definition) is 0. The van der Waals surface area contributed by atoms with Gasteiger partial charge in [0.05, 0.1) is 0 Å².